The van der Waals surface area contributed by atoms with Gasteiger partial charge < -0.3 is 20.3 Å². The number of esters is 1. The van der Waals surface area contributed by atoms with Crippen molar-refractivity contribution in [2.45, 2.75) is 25.3 Å². The number of nitrogens with zero attached hydrogens (tertiary/aromatic N) is 3. The van der Waals surface area contributed by atoms with Crippen molar-refractivity contribution in [3.63, 3.8) is 0 Å². The van der Waals surface area contributed by atoms with Gasteiger partial charge in [0, 0.05) is 37.1 Å². The zero-order chi connectivity index (χ0) is 22.2. The fourth-order valence-electron chi connectivity index (χ4n) is 3.20. The largest absolute Gasteiger partial charge is 0.469 e. The van der Waals surface area contributed by atoms with E-state index in [-0.39, 0.29) is 29.9 Å². The second-order valence-corrected chi connectivity index (χ2v) is 6.96. The summed E-state index contributed by atoms with van der Waals surface area (Å²) in [4.78, 5) is 58.2. The van der Waals surface area contributed by atoms with E-state index in [2.05, 4.69) is 25.3 Å². The number of anilines is 1. The Balaban J connectivity index is 1.57. The molecule has 3 rings (SSSR count). The zero-order valence-corrected chi connectivity index (χ0v) is 17.0. The van der Waals surface area contributed by atoms with Crippen molar-refractivity contribution in [1.29, 1.82) is 0 Å². The third-order valence-corrected chi connectivity index (χ3v) is 4.89. The fourth-order valence-corrected chi connectivity index (χ4v) is 3.20. The normalized spacial score (nSPS) is 13.9. The van der Waals surface area contributed by atoms with Crippen molar-refractivity contribution in [3.8, 4) is 0 Å². The molecule has 162 valence electrons. The maximum absolute atomic E-state index is 12.7. The van der Waals surface area contributed by atoms with Crippen LogP contribution in [0.3, 0.4) is 0 Å². The van der Waals surface area contributed by atoms with E-state index in [9.17, 15) is 19.2 Å². The minimum atomic E-state index is -0.576. The number of aromatic nitrogens is 2. The molecule has 0 aliphatic carbocycles. The number of carbonyl (C=O) groups excluding carboxylic acids is 4. The molecule has 1 aromatic heterocycles. The van der Waals surface area contributed by atoms with Gasteiger partial charge in [0.05, 0.1) is 7.11 Å². The van der Waals surface area contributed by atoms with Crippen LogP contribution >= 0.6 is 0 Å². The van der Waals surface area contributed by atoms with Gasteiger partial charge in [-0.1, -0.05) is 18.2 Å². The Morgan fingerprint density at radius 3 is 2.39 bits per heavy atom. The van der Waals surface area contributed by atoms with Gasteiger partial charge in [-0.25, -0.2) is 9.97 Å². The number of benzene rings is 1. The number of likely N-dealkylation sites (tertiary alicyclic amines) is 1. The first-order valence-corrected chi connectivity index (χ1v) is 9.80. The molecule has 31 heavy (non-hydrogen) atoms. The van der Waals surface area contributed by atoms with Crippen LogP contribution in [0.25, 0.3) is 0 Å². The number of piperidine rings is 1. The van der Waals surface area contributed by atoms with Crippen LogP contribution in [0.2, 0.25) is 0 Å². The van der Waals surface area contributed by atoms with Crippen molar-refractivity contribution in [1.82, 2.24) is 20.2 Å². The molecule has 1 aromatic carbocycles. The Labute approximate surface area is 179 Å². The number of methoxy groups -OCH3 is 1. The quantitative estimate of drug-likeness (QED) is 0.522. The summed E-state index contributed by atoms with van der Waals surface area (Å²) in [6, 6.07) is 8.41. The maximum Gasteiger partial charge on any atom is 0.315 e. The van der Waals surface area contributed by atoms with Crippen LogP contribution in [0, 0.1) is 0 Å². The van der Waals surface area contributed by atoms with E-state index in [1.165, 1.54) is 19.5 Å². The molecule has 2 heterocycles. The van der Waals surface area contributed by atoms with E-state index < -0.39 is 17.8 Å². The summed E-state index contributed by atoms with van der Waals surface area (Å²) in [6.45, 7) is 0.831. The van der Waals surface area contributed by atoms with Gasteiger partial charge in [-0.05, 0) is 25.0 Å². The van der Waals surface area contributed by atoms with Gasteiger partial charge in [0.1, 0.15) is 6.42 Å². The molecule has 10 heteroatoms. The Morgan fingerprint density at radius 1 is 1.03 bits per heavy atom. The summed E-state index contributed by atoms with van der Waals surface area (Å²) >= 11 is 0. The molecule has 0 spiro atoms. The number of ether oxygens (including phenoxy) is 1. The monoisotopic (exact) mass is 425 g/mol. The van der Waals surface area contributed by atoms with Crippen molar-refractivity contribution >= 4 is 29.5 Å². The molecule has 0 atom stereocenters. The number of nitrogens with one attached hydrogen (secondary N) is 2. The van der Waals surface area contributed by atoms with Crippen molar-refractivity contribution in [3.05, 3.63) is 54.0 Å². The highest BCUT2D eigenvalue weighted by molar-refractivity contribution is 6.07. The maximum atomic E-state index is 12.7. The SMILES string of the molecule is COC(=O)CC(=O)N1CCC(NC(=O)c2nccnc2NC(=O)c2ccccc2)CC1. The second-order valence-electron chi connectivity index (χ2n) is 6.96. The first kappa shape index (κ1) is 21.9. The van der Waals surface area contributed by atoms with Crippen molar-refractivity contribution in [2.24, 2.45) is 0 Å². The molecule has 1 aliphatic rings. The lowest BCUT2D eigenvalue weighted by Gasteiger charge is -2.32. The predicted molar refractivity (Wildman–Crippen MR) is 110 cm³/mol. The molecular weight excluding hydrogens is 402 g/mol. The third kappa shape index (κ3) is 5.84. The van der Waals surface area contributed by atoms with Crippen LogP contribution in [0.1, 0.15) is 40.1 Å². The number of hydrogen-bond donors (Lipinski definition) is 2. The fraction of sp³-hybridized carbons (Fsp3) is 0.333. The molecule has 0 bridgehead atoms. The van der Waals surface area contributed by atoms with Gasteiger partial charge in [0.25, 0.3) is 11.8 Å². The van der Waals surface area contributed by atoms with Crippen LogP contribution in [-0.4, -0.2) is 64.8 Å². The second kappa shape index (κ2) is 10.3. The molecule has 0 saturated carbocycles. The Bertz CT molecular complexity index is 958. The van der Waals surface area contributed by atoms with E-state index in [4.69, 9.17) is 0 Å². The summed E-state index contributed by atoms with van der Waals surface area (Å²) in [5, 5.41) is 5.50. The summed E-state index contributed by atoms with van der Waals surface area (Å²) in [7, 11) is 1.24. The zero-order valence-electron chi connectivity index (χ0n) is 17.0. The predicted octanol–water partition coefficient (Wildman–Crippen LogP) is 1.01. The lowest BCUT2D eigenvalue weighted by Crippen LogP contribution is -2.47. The highest BCUT2D eigenvalue weighted by atomic mass is 16.5. The molecule has 1 saturated heterocycles. The molecule has 2 aromatic rings. The van der Waals surface area contributed by atoms with Crippen molar-refractivity contribution < 1.29 is 23.9 Å². The molecule has 0 unspecified atom stereocenters. The molecule has 0 radical (unpaired) electrons. The van der Waals surface area contributed by atoms with Gasteiger partial charge in [-0.2, -0.15) is 0 Å². The van der Waals surface area contributed by atoms with E-state index in [1.54, 1.807) is 35.2 Å². The third-order valence-electron chi connectivity index (χ3n) is 4.89. The lowest BCUT2D eigenvalue weighted by atomic mass is 10.0. The number of hydrogen-bond acceptors (Lipinski definition) is 7. The van der Waals surface area contributed by atoms with Gasteiger partial charge in [-0.15, -0.1) is 0 Å². The van der Waals surface area contributed by atoms with Crippen LogP contribution in [-0.2, 0) is 14.3 Å². The van der Waals surface area contributed by atoms with Gasteiger partial charge >= 0.3 is 5.97 Å². The van der Waals surface area contributed by atoms with Crippen LogP contribution in [0.5, 0.6) is 0 Å². The number of rotatable bonds is 6. The minimum absolute atomic E-state index is 0.0102. The molecule has 2 N–H and O–H groups in total. The first-order chi connectivity index (χ1) is 15.0. The number of carbonyl (C=O) groups is 4. The Morgan fingerprint density at radius 2 is 1.71 bits per heavy atom. The van der Waals surface area contributed by atoms with E-state index in [1.807, 2.05) is 0 Å². The minimum Gasteiger partial charge on any atom is -0.469 e. The lowest BCUT2D eigenvalue weighted by molar-refractivity contribution is -0.147. The van der Waals surface area contributed by atoms with Gasteiger partial charge in [0.15, 0.2) is 11.5 Å². The smallest absolute Gasteiger partial charge is 0.315 e. The highest BCUT2D eigenvalue weighted by Crippen LogP contribution is 2.15. The highest BCUT2D eigenvalue weighted by Gasteiger charge is 2.26. The van der Waals surface area contributed by atoms with Crippen LogP contribution in [0.4, 0.5) is 5.82 Å². The molecular formula is C21H23N5O5. The standard InChI is InChI=1S/C21H23N5O5/c1-31-17(28)13-16(27)26-11-7-15(8-12-26)24-21(30)18-19(23-10-9-22-18)25-20(29)14-5-3-2-4-6-14/h2-6,9-10,15H,7-8,11-13H2,1H3,(H,24,30)(H,23,25,29). The van der Waals surface area contributed by atoms with E-state index in [0.29, 0.717) is 31.5 Å². The molecule has 3 amide bonds. The first-order valence-electron chi connectivity index (χ1n) is 9.80. The average molecular weight is 425 g/mol. The average Bonchev–Trinajstić information content (AvgIpc) is 2.80. The Hall–Kier alpha value is -3.82. The van der Waals surface area contributed by atoms with Crippen LogP contribution in [0.15, 0.2) is 42.7 Å². The van der Waals surface area contributed by atoms with E-state index in [0.717, 1.165) is 0 Å². The van der Waals surface area contributed by atoms with Gasteiger partial charge in [-0.3, -0.25) is 19.2 Å². The summed E-state index contributed by atoms with van der Waals surface area (Å²) in [6.07, 6.45) is 3.54. The number of amides is 3. The summed E-state index contributed by atoms with van der Waals surface area (Å²) in [5.41, 5.74) is 0.444. The van der Waals surface area contributed by atoms with Crippen molar-refractivity contribution in [2.75, 3.05) is 25.5 Å². The summed E-state index contributed by atoms with van der Waals surface area (Å²) in [5.74, 6) is -1.66. The van der Waals surface area contributed by atoms with Gasteiger partial charge in [0.2, 0.25) is 5.91 Å². The van der Waals surface area contributed by atoms with E-state index >= 15 is 0 Å². The van der Waals surface area contributed by atoms with Crippen LogP contribution < -0.4 is 10.6 Å². The Kier molecular flexibility index (Phi) is 7.26. The topological polar surface area (TPSA) is 131 Å². The molecule has 1 fully saturated rings. The molecule has 10 nitrogen and oxygen atoms in total. The molecule has 1 aliphatic heterocycles. The summed E-state index contributed by atoms with van der Waals surface area (Å²) < 4.78 is 4.52.